The number of alkyl halides is 1. The fourth-order valence-electron chi connectivity index (χ4n) is 1.37. The Balaban J connectivity index is 3.08. The van der Waals surface area contributed by atoms with Crippen molar-refractivity contribution in [3.05, 3.63) is 52.5 Å². The lowest BCUT2D eigenvalue weighted by Crippen LogP contribution is -1.98. The minimum Gasteiger partial charge on any atom is -0.500 e. The zero-order chi connectivity index (χ0) is 14.3. The summed E-state index contributed by atoms with van der Waals surface area (Å²) in [5.41, 5.74) is 1.13. The second kappa shape index (κ2) is 7.59. The number of carbonyl (C=O) groups is 1. The van der Waals surface area contributed by atoms with Crippen molar-refractivity contribution < 1.29 is 18.7 Å². The first-order valence-corrected chi connectivity index (χ1v) is 5.88. The van der Waals surface area contributed by atoms with Crippen molar-refractivity contribution in [3.8, 4) is 5.75 Å². The lowest BCUT2D eigenvalue weighted by molar-refractivity contribution is 0.112. The number of rotatable bonds is 6. The first kappa shape index (κ1) is 15.2. The van der Waals surface area contributed by atoms with Crippen LogP contribution in [0.5, 0.6) is 5.75 Å². The number of benzene rings is 1. The van der Waals surface area contributed by atoms with Gasteiger partial charge in [-0.05, 0) is 30.7 Å². The predicted octanol–water partition coefficient (Wildman–Crippen LogP) is 3.85. The number of allylic oxidation sites excluding steroid dienone is 2. The van der Waals surface area contributed by atoms with Crippen LogP contribution in [0.3, 0.4) is 0 Å². The topological polar surface area (TPSA) is 35.5 Å². The second-order valence-electron chi connectivity index (χ2n) is 3.67. The van der Waals surface area contributed by atoms with E-state index in [4.69, 9.17) is 21.1 Å². The quantitative estimate of drug-likeness (QED) is 0.452. The van der Waals surface area contributed by atoms with E-state index in [0.717, 1.165) is 5.56 Å². The molecule has 0 bridgehead atoms. The molecular formula is C14H14ClFO3. The highest BCUT2D eigenvalue weighted by Gasteiger charge is 2.08. The van der Waals surface area contributed by atoms with Crippen LogP contribution < -0.4 is 4.74 Å². The Kier molecular flexibility index (Phi) is 6.09. The molecule has 0 fully saturated rings. The molecule has 0 saturated carbocycles. The maximum absolute atomic E-state index is 12.1. The van der Waals surface area contributed by atoms with Gasteiger partial charge in [0.1, 0.15) is 18.7 Å². The van der Waals surface area contributed by atoms with Crippen LogP contribution in [0.15, 0.2) is 36.3 Å². The molecule has 1 aromatic carbocycles. The van der Waals surface area contributed by atoms with Crippen LogP contribution in [0, 0.1) is 6.92 Å². The molecule has 0 spiro atoms. The Morgan fingerprint density at radius 1 is 1.47 bits per heavy atom. The van der Waals surface area contributed by atoms with Crippen molar-refractivity contribution in [2.75, 3.05) is 13.8 Å². The molecular weight excluding hydrogens is 271 g/mol. The molecule has 0 aromatic heterocycles. The zero-order valence-electron chi connectivity index (χ0n) is 10.7. The van der Waals surface area contributed by atoms with Gasteiger partial charge in [-0.3, -0.25) is 4.79 Å². The van der Waals surface area contributed by atoms with E-state index in [1.54, 1.807) is 13.0 Å². The summed E-state index contributed by atoms with van der Waals surface area (Å²) in [6, 6.07) is 3.15. The summed E-state index contributed by atoms with van der Waals surface area (Å²) < 4.78 is 22.4. The molecule has 0 heterocycles. The van der Waals surface area contributed by atoms with Gasteiger partial charge in [0.15, 0.2) is 12.0 Å². The molecule has 3 nitrogen and oxygen atoms in total. The normalized spacial score (nSPS) is 11.7. The highest BCUT2D eigenvalue weighted by Crippen LogP contribution is 2.27. The lowest BCUT2D eigenvalue weighted by Gasteiger charge is -2.10. The van der Waals surface area contributed by atoms with Crippen LogP contribution in [0.4, 0.5) is 4.39 Å². The largest absolute Gasteiger partial charge is 0.500 e. The molecule has 0 amide bonds. The second-order valence-corrected chi connectivity index (χ2v) is 4.08. The van der Waals surface area contributed by atoms with E-state index in [9.17, 15) is 9.18 Å². The highest BCUT2D eigenvalue weighted by atomic mass is 35.5. The fraction of sp³-hybridized carbons (Fsp3) is 0.214. The maximum Gasteiger partial charge on any atom is 0.161 e. The SMILES string of the molecule is CO/C=C(/C=C\CF)Oc1cc(Cl)c(C)cc1C=O. The van der Waals surface area contributed by atoms with Crippen LogP contribution in [0.1, 0.15) is 15.9 Å². The van der Waals surface area contributed by atoms with Crippen molar-refractivity contribution in [2.24, 2.45) is 0 Å². The average molecular weight is 285 g/mol. The van der Waals surface area contributed by atoms with E-state index in [1.807, 2.05) is 0 Å². The smallest absolute Gasteiger partial charge is 0.161 e. The Morgan fingerprint density at radius 2 is 2.21 bits per heavy atom. The van der Waals surface area contributed by atoms with Crippen LogP contribution in [-0.4, -0.2) is 20.1 Å². The number of hydrogen-bond donors (Lipinski definition) is 0. The van der Waals surface area contributed by atoms with Crippen LogP contribution in [0.25, 0.3) is 0 Å². The molecule has 0 N–H and O–H groups in total. The Morgan fingerprint density at radius 3 is 2.79 bits per heavy atom. The summed E-state index contributed by atoms with van der Waals surface area (Å²) in [7, 11) is 1.44. The summed E-state index contributed by atoms with van der Waals surface area (Å²) in [5.74, 6) is 0.556. The zero-order valence-corrected chi connectivity index (χ0v) is 11.4. The van der Waals surface area contributed by atoms with Crippen LogP contribution >= 0.6 is 11.6 Å². The Hall–Kier alpha value is -1.81. The van der Waals surface area contributed by atoms with Crippen molar-refractivity contribution >= 4 is 17.9 Å². The highest BCUT2D eigenvalue weighted by molar-refractivity contribution is 6.31. The monoisotopic (exact) mass is 284 g/mol. The minimum absolute atomic E-state index is 0.267. The van der Waals surface area contributed by atoms with Gasteiger partial charge >= 0.3 is 0 Å². The molecule has 0 atom stereocenters. The summed E-state index contributed by atoms with van der Waals surface area (Å²) in [4.78, 5) is 11.0. The predicted molar refractivity (Wildman–Crippen MR) is 72.4 cm³/mol. The third-order valence-corrected chi connectivity index (χ3v) is 2.66. The first-order chi connectivity index (χ1) is 9.12. The van der Waals surface area contributed by atoms with Gasteiger partial charge in [-0.2, -0.15) is 0 Å². The maximum atomic E-state index is 12.1. The summed E-state index contributed by atoms with van der Waals surface area (Å²) in [5, 5.41) is 0.479. The van der Waals surface area contributed by atoms with E-state index >= 15 is 0 Å². The lowest BCUT2D eigenvalue weighted by atomic mass is 10.1. The van der Waals surface area contributed by atoms with Crippen LogP contribution in [-0.2, 0) is 4.74 Å². The molecule has 0 aliphatic rings. The molecule has 1 rings (SSSR count). The number of ether oxygens (including phenoxy) is 2. The van der Waals surface area contributed by atoms with Gasteiger partial charge < -0.3 is 9.47 Å². The molecule has 102 valence electrons. The first-order valence-electron chi connectivity index (χ1n) is 5.51. The molecule has 0 aliphatic carbocycles. The van der Waals surface area contributed by atoms with Crippen molar-refractivity contribution in [3.63, 3.8) is 0 Å². The number of methoxy groups -OCH3 is 1. The van der Waals surface area contributed by atoms with Gasteiger partial charge in [0.05, 0.1) is 12.7 Å². The van der Waals surface area contributed by atoms with E-state index in [1.165, 1.54) is 31.6 Å². The van der Waals surface area contributed by atoms with Gasteiger partial charge in [-0.25, -0.2) is 4.39 Å². The standard InChI is InChI=1S/C14H14ClFO3/c1-10-6-11(8-17)14(7-13(10)15)19-12(9-18-2)4-3-5-16/h3-4,6-9H,5H2,1-2H3/b4-3-,12-9-. The van der Waals surface area contributed by atoms with E-state index < -0.39 is 6.67 Å². The van der Waals surface area contributed by atoms with Gasteiger partial charge in [0.2, 0.25) is 0 Å². The van der Waals surface area contributed by atoms with E-state index in [0.29, 0.717) is 16.9 Å². The average Bonchev–Trinajstić information content (AvgIpc) is 2.40. The Bertz CT molecular complexity index is 510. The van der Waals surface area contributed by atoms with Crippen LogP contribution in [0.2, 0.25) is 5.02 Å². The van der Waals surface area contributed by atoms with Gasteiger partial charge in [0.25, 0.3) is 0 Å². The van der Waals surface area contributed by atoms with Crippen molar-refractivity contribution in [1.82, 2.24) is 0 Å². The summed E-state index contributed by atoms with van der Waals surface area (Å²) in [6.45, 7) is 1.16. The van der Waals surface area contributed by atoms with Crippen molar-refractivity contribution in [2.45, 2.75) is 6.92 Å². The Labute approximate surface area is 116 Å². The molecule has 0 saturated heterocycles. The number of halogens is 2. The molecule has 1 aromatic rings. The summed E-state index contributed by atoms with van der Waals surface area (Å²) >= 11 is 5.98. The molecule has 19 heavy (non-hydrogen) atoms. The van der Waals surface area contributed by atoms with Gasteiger partial charge in [-0.1, -0.05) is 11.6 Å². The van der Waals surface area contributed by atoms with Gasteiger partial charge in [-0.15, -0.1) is 0 Å². The third-order valence-electron chi connectivity index (χ3n) is 2.25. The van der Waals surface area contributed by atoms with Crippen molar-refractivity contribution in [1.29, 1.82) is 0 Å². The summed E-state index contributed by atoms with van der Waals surface area (Å²) in [6.07, 6.45) is 4.64. The van der Waals surface area contributed by atoms with E-state index in [-0.39, 0.29) is 11.5 Å². The number of carbonyl (C=O) groups excluding carboxylic acids is 1. The molecule has 0 radical (unpaired) electrons. The molecule has 0 aliphatic heterocycles. The third kappa shape index (κ3) is 4.41. The molecule has 5 heteroatoms. The number of aryl methyl sites for hydroxylation is 1. The van der Waals surface area contributed by atoms with Gasteiger partial charge in [0, 0.05) is 11.1 Å². The van der Waals surface area contributed by atoms with E-state index in [2.05, 4.69) is 0 Å². The molecule has 0 unspecified atom stereocenters. The minimum atomic E-state index is -0.625. The number of aldehydes is 1. The fourth-order valence-corrected chi connectivity index (χ4v) is 1.52. The number of hydrogen-bond acceptors (Lipinski definition) is 3.